The number of nitrogens with one attached hydrogen (secondary N) is 3. The quantitative estimate of drug-likeness (QED) is 0.676. The van der Waals surface area contributed by atoms with Crippen molar-refractivity contribution in [3.63, 3.8) is 0 Å². The Morgan fingerprint density at radius 2 is 2.00 bits per heavy atom. The first-order valence-corrected chi connectivity index (χ1v) is 8.94. The molecule has 0 fully saturated rings. The summed E-state index contributed by atoms with van der Waals surface area (Å²) in [6.07, 6.45) is 0. The summed E-state index contributed by atoms with van der Waals surface area (Å²) < 4.78 is 5.33. The zero-order valence-electron chi connectivity index (χ0n) is 15.0. The minimum atomic E-state index is 0.247. The number of anilines is 1. The molecule has 2 rings (SSSR count). The van der Waals surface area contributed by atoms with Crippen molar-refractivity contribution in [2.24, 2.45) is 0 Å². The van der Waals surface area contributed by atoms with Crippen LogP contribution in [0, 0.1) is 6.92 Å². The van der Waals surface area contributed by atoms with Gasteiger partial charge in [-0.1, -0.05) is 29.8 Å². The maximum absolute atomic E-state index is 6.16. The summed E-state index contributed by atoms with van der Waals surface area (Å²) in [5.74, 6) is 0.860. The Balaban J connectivity index is 2.00. The molecule has 0 unspecified atom stereocenters. The number of thiocarbonyl (C=S) groups is 1. The van der Waals surface area contributed by atoms with Crippen LogP contribution in [0.4, 0.5) is 5.69 Å². The SMILES string of the molecule is COc1cccc([C@H](CNC(=S)Nc2ccc(C)c(Cl)c2)[NH+](C)C)c1. The Kier molecular flexibility index (Phi) is 7.05. The van der Waals surface area contributed by atoms with Gasteiger partial charge in [0.15, 0.2) is 5.11 Å². The van der Waals surface area contributed by atoms with Gasteiger partial charge in [0.25, 0.3) is 0 Å². The van der Waals surface area contributed by atoms with Crippen molar-refractivity contribution in [2.75, 3.05) is 33.1 Å². The van der Waals surface area contributed by atoms with Crippen LogP contribution in [0.1, 0.15) is 17.2 Å². The molecule has 0 aliphatic heterocycles. The van der Waals surface area contributed by atoms with Crippen molar-refractivity contribution < 1.29 is 9.64 Å². The first kappa shape index (κ1) is 19.5. The smallest absolute Gasteiger partial charge is 0.171 e. The highest BCUT2D eigenvalue weighted by Crippen LogP contribution is 2.20. The molecule has 2 aromatic carbocycles. The number of benzene rings is 2. The second-order valence-corrected chi connectivity index (χ2v) is 7.02. The van der Waals surface area contributed by atoms with Gasteiger partial charge in [-0.3, -0.25) is 0 Å². The molecule has 0 aliphatic rings. The van der Waals surface area contributed by atoms with E-state index in [2.05, 4.69) is 36.9 Å². The minimum absolute atomic E-state index is 0.247. The molecule has 3 N–H and O–H groups in total. The zero-order valence-corrected chi connectivity index (χ0v) is 16.6. The Hall–Kier alpha value is -1.82. The van der Waals surface area contributed by atoms with Gasteiger partial charge >= 0.3 is 0 Å². The van der Waals surface area contributed by atoms with Crippen LogP contribution in [0.5, 0.6) is 5.75 Å². The molecule has 2 aromatic rings. The number of quaternary nitrogens is 1. The highest BCUT2D eigenvalue weighted by Gasteiger charge is 2.18. The molecule has 6 heteroatoms. The second-order valence-electron chi connectivity index (χ2n) is 6.21. The fourth-order valence-corrected chi connectivity index (χ4v) is 2.94. The highest BCUT2D eigenvalue weighted by molar-refractivity contribution is 7.80. The Morgan fingerprint density at radius 3 is 2.64 bits per heavy atom. The number of ether oxygens (including phenoxy) is 1. The van der Waals surface area contributed by atoms with Crippen LogP contribution in [0.2, 0.25) is 5.02 Å². The van der Waals surface area contributed by atoms with E-state index in [0.717, 1.165) is 22.0 Å². The molecule has 25 heavy (non-hydrogen) atoms. The van der Waals surface area contributed by atoms with Gasteiger partial charge in [-0.25, -0.2) is 0 Å². The predicted octanol–water partition coefficient (Wildman–Crippen LogP) is 2.83. The normalized spacial score (nSPS) is 11.9. The number of rotatable bonds is 6. The molecule has 0 aliphatic carbocycles. The molecule has 4 nitrogen and oxygen atoms in total. The first-order chi connectivity index (χ1) is 11.9. The van der Waals surface area contributed by atoms with Crippen LogP contribution >= 0.6 is 23.8 Å². The molecular weight excluding hydrogens is 354 g/mol. The van der Waals surface area contributed by atoms with E-state index in [1.807, 2.05) is 37.3 Å². The van der Waals surface area contributed by atoms with Crippen molar-refractivity contribution in [3.8, 4) is 5.75 Å². The number of halogens is 1. The third-order valence-electron chi connectivity index (χ3n) is 4.09. The zero-order chi connectivity index (χ0) is 18.4. The summed E-state index contributed by atoms with van der Waals surface area (Å²) >= 11 is 11.6. The van der Waals surface area contributed by atoms with Gasteiger partial charge in [-0.15, -0.1) is 0 Å². The first-order valence-electron chi connectivity index (χ1n) is 8.15. The lowest BCUT2D eigenvalue weighted by Crippen LogP contribution is -3.07. The van der Waals surface area contributed by atoms with E-state index in [1.165, 1.54) is 10.5 Å². The lowest BCUT2D eigenvalue weighted by Gasteiger charge is -2.23. The van der Waals surface area contributed by atoms with Crippen molar-refractivity contribution in [3.05, 3.63) is 58.6 Å². The molecule has 0 spiro atoms. The van der Waals surface area contributed by atoms with Gasteiger partial charge in [0.2, 0.25) is 0 Å². The van der Waals surface area contributed by atoms with Crippen LogP contribution in [-0.4, -0.2) is 32.9 Å². The van der Waals surface area contributed by atoms with E-state index in [0.29, 0.717) is 11.7 Å². The summed E-state index contributed by atoms with van der Waals surface area (Å²) in [6.45, 7) is 2.68. The van der Waals surface area contributed by atoms with Crippen molar-refractivity contribution in [1.29, 1.82) is 0 Å². The molecule has 0 bridgehead atoms. The van der Waals surface area contributed by atoms with E-state index < -0.39 is 0 Å². The van der Waals surface area contributed by atoms with Gasteiger partial charge in [0.1, 0.15) is 11.8 Å². The van der Waals surface area contributed by atoms with Crippen LogP contribution in [-0.2, 0) is 0 Å². The lowest BCUT2D eigenvalue weighted by molar-refractivity contribution is -0.890. The number of hydrogen-bond acceptors (Lipinski definition) is 2. The summed E-state index contributed by atoms with van der Waals surface area (Å²) in [7, 11) is 5.94. The summed E-state index contributed by atoms with van der Waals surface area (Å²) in [6, 6.07) is 14.2. The third-order valence-corrected chi connectivity index (χ3v) is 4.74. The summed E-state index contributed by atoms with van der Waals surface area (Å²) in [5, 5.41) is 7.78. The minimum Gasteiger partial charge on any atom is -0.497 e. The highest BCUT2D eigenvalue weighted by atomic mass is 35.5. The van der Waals surface area contributed by atoms with Gasteiger partial charge in [0, 0.05) is 16.3 Å². The van der Waals surface area contributed by atoms with Gasteiger partial charge in [-0.2, -0.15) is 0 Å². The summed E-state index contributed by atoms with van der Waals surface area (Å²) in [5.41, 5.74) is 3.12. The van der Waals surface area contributed by atoms with Gasteiger partial charge in [-0.05, 0) is 49.0 Å². The average molecular weight is 379 g/mol. The molecule has 0 amide bonds. The molecule has 0 saturated carbocycles. The monoisotopic (exact) mass is 378 g/mol. The fraction of sp³-hybridized carbons (Fsp3) is 0.316. The van der Waals surface area contributed by atoms with Gasteiger partial charge < -0.3 is 20.3 Å². The predicted molar refractivity (Wildman–Crippen MR) is 109 cm³/mol. The van der Waals surface area contributed by atoms with Crippen LogP contribution in [0.25, 0.3) is 0 Å². The molecular formula is C19H25ClN3OS+. The van der Waals surface area contributed by atoms with E-state index in [4.69, 9.17) is 28.6 Å². The fourth-order valence-electron chi connectivity index (χ4n) is 2.55. The Bertz CT molecular complexity index is 736. The molecule has 0 heterocycles. The average Bonchev–Trinajstić information content (AvgIpc) is 2.58. The van der Waals surface area contributed by atoms with E-state index in [1.54, 1.807) is 7.11 Å². The summed E-state index contributed by atoms with van der Waals surface area (Å²) in [4.78, 5) is 1.31. The Labute approximate surface area is 160 Å². The number of aryl methyl sites for hydroxylation is 1. The van der Waals surface area contributed by atoms with E-state index >= 15 is 0 Å². The van der Waals surface area contributed by atoms with Crippen molar-refractivity contribution in [2.45, 2.75) is 13.0 Å². The molecule has 1 atom stereocenters. The standard InChI is InChI=1S/C19H24ClN3OS/c1-13-8-9-15(11-17(13)20)22-19(25)21-12-18(23(2)3)14-6-5-7-16(10-14)24-4/h5-11,18H,12H2,1-4H3,(H2,21,22,25)/p+1/t18-/m0/s1. The van der Waals surface area contributed by atoms with E-state index in [9.17, 15) is 0 Å². The third kappa shape index (κ3) is 5.59. The maximum atomic E-state index is 6.16. The second kappa shape index (κ2) is 9.04. The molecule has 134 valence electrons. The molecule has 0 aromatic heterocycles. The van der Waals surface area contributed by atoms with Gasteiger partial charge in [0.05, 0.1) is 27.7 Å². The lowest BCUT2D eigenvalue weighted by atomic mass is 10.1. The van der Waals surface area contributed by atoms with Crippen LogP contribution in [0.3, 0.4) is 0 Å². The van der Waals surface area contributed by atoms with Crippen LogP contribution < -0.4 is 20.3 Å². The van der Waals surface area contributed by atoms with Crippen molar-refractivity contribution >= 4 is 34.6 Å². The van der Waals surface area contributed by atoms with Crippen LogP contribution in [0.15, 0.2) is 42.5 Å². The number of hydrogen-bond donors (Lipinski definition) is 3. The topological polar surface area (TPSA) is 37.7 Å². The maximum Gasteiger partial charge on any atom is 0.171 e. The Morgan fingerprint density at radius 1 is 1.24 bits per heavy atom. The molecule has 0 saturated heterocycles. The van der Waals surface area contributed by atoms with Crippen molar-refractivity contribution in [1.82, 2.24) is 5.32 Å². The molecule has 0 radical (unpaired) electrons. The largest absolute Gasteiger partial charge is 0.497 e. The van der Waals surface area contributed by atoms with E-state index in [-0.39, 0.29) is 6.04 Å². The number of likely N-dealkylation sites (N-methyl/N-ethyl adjacent to an activating group) is 1. The number of methoxy groups -OCH3 is 1.